The molecule has 2 aliphatic rings. The average molecular weight is 294 g/mol. The van der Waals surface area contributed by atoms with Crippen LogP contribution in [-0.4, -0.2) is 37.1 Å². The lowest BCUT2D eigenvalue weighted by atomic mass is 9.76. The summed E-state index contributed by atoms with van der Waals surface area (Å²) in [6.07, 6.45) is 3.29. The van der Waals surface area contributed by atoms with Crippen molar-refractivity contribution in [1.82, 2.24) is 4.90 Å². The predicted octanol–water partition coefficient (Wildman–Crippen LogP) is 3.08. The van der Waals surface area contributed by atoms with Crippen LogP contribution >= 0.6 is 11.6 Å². The molecule has 0 radical (unpaired) electrons. The van der Waals surface area contributed by atoms with Gasteiger partial charge in [-0.1, -0.05) is 23.7 Å². The van der Waals surface area contributed by atoms with E-state index < -0.39 is 0 Å². The quantitative estimate of drug-likeness (QED) is 0.785. The first-order valence-corrected chi connectivity index (χ1v) is 7.55. The van der Waals surface area contributed by atoms with Crippen molar-refractivity contribution >= 4 is 17.6 Å². The maximum absolute atomic E-state index is 12.3. The standard InChI is InChI=1S/C16H20ClNO2/c1-18-12-7-8-14(18)15(16(19)20-2)13(9-12)10-3-5-11(17)6-4-10/h3-6,12-15H,7-9H2,1-2H3/t12-,13+,14+,15-/m1/s1. The first-order chi connectivity index (χ1) is 9.61. The first kappa shape index (κ1) is 13.9. The van der Waals surface area contributed by atoms with Crippen LogP contribution in [-0.2, 0) is 9.53 Å². The number of fused-ring (bicyclic) bond motifs is 2. The number of ether oxygens (including phenoxy) is 1. The number of benzene rings is 1. The Hall–Kier alpha value is -1.06. The van der Waals surface area contributed by atoms with Gasteiger partial charge >= 0.3 is 5.97 Å². The first-order valence-electron chi connectivity index (χ1n) is 7.17. The van der Waals surface area contributed by atoms with Crippen LogP contribution in [0.3, 0.4) is 0 Å². The van der Waals surface area contributed by atoms with E-state index in [2.05, 4.69) is 11.9 Å². The molecule has 2 heterocycles. The minimum Gasteiger partial charge on any atom is -0.469 e. The molecule has 0 N–H and O–H groups in total. The van der Waals surface area contributed by atoms with E-state index in [1.807, 2.05) is 24.3 Å². The van der Waals surface area contributed by atoms with E-state index in [1.165, 1.54) is 19.1 Å². The number of hydrogen-bond acceptors (Lipinski definition) is 3. The highest BCUT2D eigenvalue weighted by Gasteiger charge is 2.49. The number of carbonyl (C=O) groups excluding carboxylic acids is 1. The SMILES string of the molecule is COC(=O)[C@@H]1[C@H](c2ccc(Cl)cc2)C[C@H]2CC[C@@H]1N2C. The van der Waals surface area contributed by atoms with E-state index in [0.717, 1.165) is 17.9 Å². The van der Waals surface area contributed by atoms with Crippen molar-refractivity contribution in [3.63, 3.8) is 0 Å². The highest BCUT2D eigenvalue weighted by Crippen LogP contribution is 2.46. The second kappa shape index (κ2) is 5.38. The minimum absolute atomic E-state index is 0.0649. The van der Waals surface area contributed by atoms with Crippen molar-refractivity contribution < 1.29 is 9.53 Å². The molecular weight excluding hydrogens is 274 g/mol. The van der Waals surface area contributed by atoms with E-state index in [0.29, 0.717) is 12.1 Å². The van der Waals surface area contributed by atoms with Crippen molar-refractivity contribution in [3.05, 3.63) is 34.9 Å². The number of piperidine rings is 1. The molecule has 0 spiro atoms. The van der Waals surface area contributed by atoms with E-state index in [-0.39, 0.29) is 17.8 Å². The molecule has 0 saturated carbocycles. The van der Waals surface area contributed by atoms with Crippen LogP contribution in [0.1, 0.15) is 30.7 Å². The van der Waals surface area contributed by atoms with Crippen molar-refractivity contribution in [1.29, 1.82) is 0 Å². The van der Waals surface area contributed by atoms with Crippen molar-refractivity contribution in [2.24, 2.45) is 5.92 Å². The Morgan fingerprint density at radius 1 is 1.30 bits per heavy atom. The van der Waals surface area contributed by atoms with Gasteiger partial charge in [0.2, 0.25) is 0 Å². The van der Waals surface area contributed by atoms with Gasteiger partial charge in [-0.3, -0.25) is 9.69 Å². The highest BCUT2D eigenvalue weighted by atomic mass is 35.5. The Morgan fingerprint density at radius 3 is 2.65 bits per heavy atom. The largest absolute Gasteiger partial charge is 0.469 e. The molecule has 4 atom stereocenters. The number of nitrogens with zero attached hydrogens (tertiary/aromatic N) is 1. The molecule has 0 unspecified atom stereocenters. The van der Waals surface area contributed by atoms with Gasteiger partial charge in [-0.25, -0.2) is 0 Å². The smallest absolute Gasteiger partial charge is 0.310 e. The van der Waals surface area contributed by atoms with Gasteiger partial charge in [-0.2, -0.15) is 0 Å². The Labute approximate surface area is 124 Å². The van der Waals surface area contributed by atoms with Crippen LogP contribution in [0.25, 0.3) is 0 Å². The number of rotatable bonds is 2. The number of hydrogen-bond donors (Lipinski definition) is 0. The van der Waals surface area contributed by atoms with Crippen LogP contribution in [0.5, 0.6) is 0 Å². The molecule has 1 aromatic rings. The summed E-state index contributed by atoms with van der Waals surface area (Å²) in [5.41, 5.74) is 1.20. The zero-order chi connectivity index (χ0) is 14.3. The number of carbonyl (C=O) groups is 1. The second-order valence-corrected chi connectivity index (χ2v) is 6.34. The van der Waals surface area contributed by atoms with Gasteiger partial charge in [0.05, 0.1) is 13.0 Å². The number of esters is 1. The molecule has 0 aliphatic carbocycles. The Kier molecular flexibility index (Phi) is 3.74. The molecule has 1 aromatic carbocycles. The maximum atomic E-state index is 12.3. The predicted molar refractivity (Wildman–Crippen MR) is 78.9 cm³/mol. The summed E-state index contributed by atoms with van der Waals surface area (Å²) in [6.45, 7) is 0. The summed E-state index contributed by atoms with van der Waals surface area (Å²) in [6, 6.07) is 8.81. The van der Waals surface area contributed by atoms with Crippen LogP contribution in [0.2, 0.25) is 5.02 Å². The number of halogens is 1. The lowest BCUT2D eigenvalue weighted by molar-refractivity contribution is -0.150. The Balaban J connectivity index is 1.95. The molecule has 2 bridgehead atoms. The molecule has 2 aliphatic heterocycles. The third-order valence-corrected chi connectivity index (χ3v) is 5.29. The zero-order valence-electron chi connectivity index (χ0n) is 11.9. The molecule has 4 heteroatoms. The summed E-state index contributed by atoms with van der Waals surface area (Å²) in [7, 11) is 3.62. The zero-order valence-corrected chi connectivity index (χ0v) is 12.6. The van der Waals surface area contributed by atoms with Gasteiger partial charge in [0.1, 0.15) is 0 Å². The van der Waals surface area contributed by atoms with Crippen molar-refractivity contribution in [2.45, 2.75) is 37.3 Å². The molecule has 3 nitrogen and oxygen atoms in total. The molecule has 20 heavy (non-hydrogen) atoms. The summed E-state index contributed by atoms with van der Waals surface area (Å²) < 4.78 is 5.07. The lowest BCUT2D eigenvalue weighted by Crippen LogP contribution is -2.49. The third kappa shape index (κ3) is 2.23. The van der Waals surface area contributed by atoms with Gasteiger partial charge in [0.25, 0.3) is 0 Å². The second-order valence-electron chi connectivity index (χ2n) is 5.91. The maximum Gasteiger partial charge on any atom is 0.310 e. The van der Waals surface area contributed by atoms with Crippen molar-refractivity contribution in [3.8, 4) is 0 Å². The molecule has 0 aromatic heterocycles. The Bertz CT molecular complexity index is 502. The monoisotopic (exact) mass is 293 g/mol. The van der Waals surface area contributed by atoms with Gasteiger partial charge < -0.3 is 4.74 Å². The lowest BCUT2D eigenvalue weighted by Gasteiger charge is -2.41. The van der Waals surface area contributed by atoms with Crippen LogP contribution < -0.4 is 0 Å². The fourth-order valence-electron chi connectivity index (χ4n) is 3.98. The molecule has 108 valence electrons. The summed E-state index contributed by atoms with van der Waals surface area (Å²) in [4.78, 5) is 14.6. The van der Waals surface area contributed by atoms with E-state index >= 15 is 0 Å². The molecular formula is C16H20ClNO2. The third-order valence-electron chi connectivity index (χ3n) is 5.04. The van der Waals surface area contributed by atoms with E-state index in [9.17, 15) is 4.79 Å². The highest BCUT2D eigenvalue weighted by molar-refractivity contribution is 6.30. The van der Waals surface area contributed by atoms with Gasteiger partial charge in [-0.15, -0.1) is 0 Å². The van der Waals surface area contributed by atoms with Gasteiger partial charge in [0, 0.05) is 23.0 Å². The summed E-state index contributed by atoms with van der Waals surface area (Å²) >= 11 is 5.97. The topological polar surface area (TPSA) is 29.5 Å². The normalized spacial score (nSPS) is 33.1. The van der Waals surface area contributed by atoms with Crippen LogP contribution in [0, 0.1) is 5.92 Å². The van der Waals surface area contributed by atoms with Crippen LogP contribution in [0.15, 0.2) is 24.3 Å². The molecule has 3 rings (SSSR count). The van der Waals surface area contributed by atoms with E-state index in [4.69, 9.17) is 16.3 Å². The Morgan fingerprint density at radius 2 is 2.00 bits per heavy atom. The molecule has 2 fully saturated rings. The summed E-state index contributed by atoms with van der Waals surface area (Å²) in [5.74, 6) is 0.0977. The van der Waals surface area contributed by atoms with Gasteiger partial charge in [0.15, 0.2) is 0 Å². The van der Waals surface area contributed by atoms with E-state index in [1.54, 1.807) is 0 Å². The van der Waals surface area contributed by atoms with Crippen LogP contribution in [0.4, 0.5) is 0 Å². The van der Waals surface area contributed by atoms with Gasteiger partial charge in [-0.05, 0) is 44.0 Å². The fraction of sp³-hybridized carbons (Fsp3) is 0.562. The summed E-state index contributed by atoms with van der Waals surface area (Å²) in [5, 5.41) is 0.735. The minimum atomic E-state index is -0.0813. The average Bonchev–Trinajstić information content (AvgIpc) is 2.70. The number of methoxy groups -OCH3 is 1. The van der Waals surface area contributed by atoms with Crippen molar-refractivity contribution in [2.75, 3.05) is 14.2 Å². The molecule has 2 saturated heterocycles. The fourth-order valence-corrected chi connectivity index (χ4v) is 4.10. The molecule has 0 amide bonds.